The standard InChI is InChI=1S/C15H19N3O/c1-5-6-18-10-16-15(17-18)13-7-12(4)8-14(9-13)19-11(2)3/h5-11H,1-4H3/b6-5-. The minimum atomic E-state index is 0.156. The van der Waals surface area contributed by atoms with Crippen molar-refractivity contribution in [2.24, 2.45) is 0 Å². The van der Waals surface area contributed by atoms with Gasteiger partial charge < -0.3 is 4.74 Å². The van der Waals surface area contributed by atoms with E-state index in [4.69, 9.17) is 4.74 Å². The number of allylic oxidation sites excluding steroid dienone is 1. The molecule has 0 aliphatic heterocycles. The van der Waals surface area contributed by atoms with Crippen molar-refractivity contribution < 1.29 is 4.74 Å². The number of aromatic nitrogens is 3. The van der Waals surface area contributed by atoms with E-state index in [0.29, 0.717) is 5.82 Å². The molecule has 1 aromatic heterocycles. The van der Waals surface area contributed by atoms with Gasteiger partial charge in [-0.3, -0.25) is 0 Å². The minimum Gasteiger partial charge on any atom is -0.491 e. The van der Waals surface area contributed by atoms with Crippen LogP contribution < -0.4 is 4.74 Å². The van der Waals surface area contributed by atoms with E-state index >= 15 is 0 Å². The van der Waals surface area contributed by atoms with E-state index in [1.54, 1.807) is 11.0 Å². The van der Waals surface area contributed by atoms with Gasteiger partial charge in [0.1, 0.15) is 12.1 Å². The van der Waals surface area contributed by atoms with Crippen LogP contribution in [0.2, 0.25) is 0 Å². The number of benzene rings is 1. The molecule has 0 unspecified atom stereocenters. The van der Waals surface area contributed by atoms with Crippen LogP contribution in [0.4, 0.5) is 0 Å². The molecule has 0 aliphatic carbocycles. The normalized spacial score (nSPS) is 11.4. The van der Waals surface area contributed by atoms with Crippen LogP contribution in [0.5, 0.6) is 5.75 Å². The fourth-order valence-electron chi connectivity index (χ4n) is 1.85. The van der Waals surface area contributed by atoms with Crippen LogP contribution in [0.15, 0.2) is 30.6 Å². The van der Waals surface area contributed by atoms with Crippen molar-refractivity contribution in [1.29, 1.82) is 0 Å². The average Bonchev–Trinajstić information content (AvgIpc) is 2.76. The van der Waals surface area contributed by atoms with Crippen molar-refractivity contribution in [1.82, 2.24) is 14.8 Å². The van der Waals surface area contributed by atoms with Crippen molar-refractivity contribution >= 4 is 6.20 Å². The molecule has 0 fully saturated rings. The van der Waals surface area contributed by atoms with Crippen LogP contribution in [0, 0.1) is 6.92 Å². The Balaban J connectivity index is 2.34. The lowest BCUT2D eigenvalue weighted by Crippen LogP contribution is -2.05. The summed E-state index contributed by atoms with van der Waals surface area (Å²) in [7, 11) is 0. The molecular weight excluding hydrogens is 238 g/mol. The summed E-state index contributed by atoms with van der Waals surface area (Å²) in [5.74, 6) is 1.56. The number of aryl methyl sites for hydroxylation is 1. The van der Waals surface area contributed by atoms with Crippen LogP contribution in [-0.4, -0.2) is 20.9 Å². The maximum absolute atomic E-state index is 5.74. The Labute approximate surface area is 113 Å². The molecule has 4 nitrogen and oxygen atoms in total. The Morgan fingerprint density at radius 1 is 1.26 bits per heavy atom. The van der Waals surface area contributed by atoms with E-state index in [2.05, 4.69) is 16.1 Å². The lowest BCUT2D eigenvalue weighted by Gasteiger charge is -2.11. The minimum absolute atomic E-state index is 0.156. The third-order valence-corrected chi connectivity index (χ3v) is 2.49. The molecule has 0 bridgehead atoms. The van der Waals surface area contributed by atoms with Crippen LogP contribution >= 0.6 is 0 Å². The maximum Gasteiger partial charge on any atom is 0.181 e. The van der Waals surface area contributed by atoms with Crippen molar-refractivity contribution in [3.05, 3.63) is 36.2 Å². The van der Waals surface area contributed by atoms with Gasteiger partial charge in [0.25, 0.3) is 0 Å². The number of hydrogen-bond acceptors (Lipinski definition) is 3. The third-order valence-electron chi connectivity index (χ3n) is 2.49. The summed E-state index contributed by atoms with van der Waals surface area (Å²) < 4.78 is 7.43. The summed E-state index contributed by atoms with van der Waals surface area (Å²) in [6.07, 6.45) is 5.63. The molecule has 2 aromatic rings. The van der Waals surface area contributed by atoms with E-state index in [1.807, 2.05) is 52.1 Å². The molecule has 0 atom stereocenters. The Morgan fingerprint density at radius 3 is 2.74 bits per heavy atom. The zero-order chi connectivity index (χ0) is 13.8. The number of ether oxygens (including phenoxy) is 1. The van der Waals surface area contributed by atoms with Crippen molar-refractivity contribution in [2.75, 3.05) is 0 Å². The Hall–Kier alpha value is -2.10. The number of hydrogen-bond donors (Lipinski definition) is 0. The van der Waals surface area contributed by atoms with Crippen LogP contribution in [0.1, 0.15) is 26.3 Å². The van der Waals surface area contributed by atoms with Crippen LogP contribution in [0.25, 0.3) is 17.6 Å². The zero-order valence-electron chi connectivity index (χ0n) is 11.8. The molecule has 1 aromatic carbocycles. The Kier molecular flexibility index (Phi) is 4.00. The summed E-state index contributed by atoms with van der Waals surface area (Å²) in [6, 6.07) is 6.05. The summed E-state index contributed by atoms with van der Waals surface area (Å²) in [4.78, 5) is 4.31. The second-order valence-electron chi connectivity index (χ2n) is 4.73. The molecule has 2 rings (SSSR count). The van der Waals surface area contributed by atoms with E-state index in [-0.39, 0.29) is 6.10 Å². The SMILES string of the molecule is C/C=C\n1cnc(-c2cc(C)cc(OC(C)C)c2)n1. The van der Waals surface area contributed by atoms with E-state index in [1.165, 1.54) is 0 Å². The first-order chi connectivity index (χ1) is 9.08. The smallest absolute Gasteiger partial charge is 0.181 e. The van der Waals surface area contributed by atoms with Crippen LogP contribution in [-0.2, 0) is 0 Å². The molecule has 0 aliphatic rings. The largest absolute Gasteiger partial charge is 0.491 e. The highest BCUT2D eigenvalue weighted by molar-refractivity contribution is 5.59. The quantitative estimate of drug-likeness (QED) is 0.841. The second kappa shape index (κ2) is 5.69. The molecule has 0 N–H and O–H groups in total. The summed E-state index contributed by atoms with van der Waals surface area (Å²) in [5, 5.41) is 4.39. The van der Waals surface area contributed by atoms with Gasteiger partial charge in [-0.05, 0) is 51.5 Å². The summed E-state index contributed by atoms with van der Waals surface area (Å²) >= 11 is 0. The Bertz CT molecular complexity index is 585. The first-order valence-corrected chi connectivity index (χ1v) is 6.41. The maximum atomic E-state index is 5.74. The summed E-state index contributed by atoms with van der Waals surface area (Å²) in [5.41, 5.74) is 2.11. The molecule has 1 heterocycles. The topological polar surface area (TPSA) is 39.9 Å². The van der Waals surface area contributed by atoms with Crippen molar-refractivity contribution in [3.63, 3.8) is 0 Å². The molecule has 100 valence electrons. The molecular formula is C15H19N3O. The number of rotatable bonds is 4. The lowest BCUT2D eigenvalue weighted by molar-refractivity contribution is 0.242. The Morgan fingerprint density at radius 2 is 2.05 bits per heavy atom. The molecule has 19 heavy (non-hydrogen) atoms. The molecule has 0 radical (unpaired) electrons. The van der Waals surface area contributed by atoms with Crippen LogP contribution in [0.3, 0.4) is 0 Å². The van der Waals surface area contributed by atoms with Gasteiger partial charge in [-0.15, -0.1) is 5.10 Å². The predicted molar refractivity (Wildman–Crippen MR) is 77.0 cm³/mol. The van der Waals surface area contributed by atoms with Gasteiger partial charge in [0, 0.05) is 11.8 Å². The molecule has 0 saturated heterocycles. The van der Waals surface area contributed by atoms with Gasteiger partial charge in [-0.2, -0.15) is 0 Å². The molecule has 0 amide bonds. The van der Waals surface area contributed by atoms with Gasteiger partial charge >= 0.3 is 0 Å². The van der Waals surface area contributed by atoms with E-state index in [9.17, 15) is 0 Å². The fraction of sp³-hybridized carbons (Fsp3) is 0.333. The number of nitrogens with zero attached hydrogens (tertiary/aromatic N) is 3. The predicted octanol–water partition coefficient (Wildman–Crippen LogP) is 3.53. The molecule has 0 spiro atoms. The molecule has 0 saturated carbocycles. The highest BCUT2D eigenvalue weighted by Crippen LogP contribution is 2.24. The third kappa shape index (κ3) is 3.44. The zero-order valence-corrected chi connectivity index (χ0v) is 11.8. The summed E-state index contributed by atoms with van der Waals surface area (Å²) in [6.45, 7) is 8.02. The first kappa shape index (κ1) is 13.3. The van der Waals surface area contributed by atoms with Gasteiger partial charge in [-0.1, -0.05) is 6.08 Å². The highest BCUT2D eigenvalue weighted by Gasteiger charge is 2.07. The van der Waals surface area contributed by atoms with Gasteiger partial charge in [-0.25, -0.2) is 9.67 Å². The lowest BCUT2D eigenvalue weighted by atomic mass is 10.1. The second-order valence-corrected chi connectivity index (χ2v) is 4.73. The van der Waals surface area contributed by atoms with Crippen molar-refractivity contribution in [2.45, 2.75) is 33.8 Å². The fourth-order valence-corrected chi connectivity index (χ4v) is 1.85. The molecule has 4 heteroatoms. The van der Waals surface area contributed by atoms with E-state index in [0.717, 1.165) is 16.9 Å². The van der Waals surface area contributed by atoms with Gasteiger partial charge in [0.2, 0.25) is 0 Å². The highest BCUT2D eigenvalue weighted by atomic mass is 16.5. The first-order valence-electron chi connectivity index (χ1n) is 6.41. The van der Waals surface area contributed by atoms with Gasteiger partial charge in [0.15, 0.2) is 5.82 Å². The average molecular weight is 257 g/mol. The monoisotopic (exact) mass is 257 g/mol. The van der Waals surface area contributed by atoms with E-state index < -0.39 is 0 Å². The van der Waals surface area contributed by atoms with Gasteiger partial charge in [0.05, 0.1) is 6.10 Å². The van der Waals surface area contributed by atoms with Crippen molar-refractivity contribution in [3.8, 4) is 17.1 Å².